The van der Waals surface area contributed by atoms with E-state index in [1.165, 1.54) is 45.3 Å². The third kappa shape index (κ3) is 5.07. The number of benzene rings is 2. The standard InChI is InChI=1S/C28H18N4O2S4/c33-23(19-13-7-15-35-19)31-25-21(17-9-3-1-4-10-17)29-27(37-25)28-30-22(18-11-5-2-6-12-18)26(38-28)32-24(34)20-14-8-16-36-20/h1-16H,(H,31,33)(H,32,34). The molecule has 0 saturated heterocycles. The molecule has 4 aromatic heterocycles. The summed E-state index contributed by atoms with van der Waals surface area (Å²) in [6, 6.07) is 26.8. The van der Waals surface area contributed by atoms with Gasteiger partial charge in [0.25, 0.3) is 11.8 Å². The maximum atomic E-state index is 12.9. The summed E-state index contributed by atoms with van der Waals surface area (Å²) in [7, 11) is 0. The molecule has 0 bridgehead atoms. The zero-order chi connectivity index (χ0) is 25.9. The molecule has 38 heavy (non-hydrogen) atoms. The lowest BCUT2D eigenvalue weighted by molar-refractivity contribution is 0.102. The third-order valence-electron chi connectivity index (χ3n) is 5.48. The summed E-state index contributed by atoms with van der Waals surface area (Å²) >= 11 is 5.50. The van der Waals surface area contributed by atoms with Crippen LogP contribution in [0.25, 0.3) is 32.5 Å². The van der Waals surface area contributed by atoms with Crippen molar-refractivity contribution in [1.82, 2.24) is 9.97 Å². The van der Waals surface area contributed by atoms with Gasteiger partial charge in [-0.05, 0) is 22.9 Å². The molecule has 10 heteroatoms. The number of aromatic nitrogens is 2. The largest absolute Gasteiger partial charge is 0.311 e. The van der Waals surface area contributed by atoms with Crippen molar-refractivity contribution in [3.05, 3.63) is 105 Å². The monoisotopic (exact) mass is 570 g/mol. The van der Waals surface area contributed by atoms with Crippen molar-refractivity contribution in [3.63, 3.8) is 0 Å². The van der Waals surface area contributed by atoms with Crippen molar-refractivity contribution in [2.75, 3.05) is 10.6 Å². The summed E-state index contributed by atoms with van der Waals surface area (Å²) in [6.07, 6.45) is 0. The lowest BCUT2D eigenvalue weighted by atomic mass is 10.1. The van der Waals surface area contributed by atoms with Crippen molar-refractivity contribution in [3.8, 4) is 32.5 Å². The number of carbonyl (C=O) groups excluding carboxylic acids is 2. The van der Waals surface area contributed by atoms with E-state index in [2.05, 4.69) is 10.6 Å². The van der Waals surface area contributed by atoms with Crippen molar-refractivity contribution in [2.24, 2.45) is 0 Å². The molecule has 0 fully saturated rings. The fourth-order valence-corrected chi connectivity index (χ4v) is 6.94. The van der Waals surface area contributed by atoms with Gasteiger partial charge in [-0.3, -0.25) is 9.59 Å². The SMILES string of the molecule is O=C(Nc1sc(-c2nc(-c3ccccc3)c(NC(=O)c3cccs3)s2)nc1-c1ccccc1)c1cccs1. The maximum Gasteiger partial charge on any atom is 0.266 e. The van der Waals surface area contributed by atoms with E-state index < -0.39 is 0 Å². The Balaban J connectivity index is 1.42. The molecule has 6 aromatic rings. The summed E-state index contributed by atoms with van der Waals surface area (Å²) in [4.78, 5) is 36.9. The molecule has 4 heterocycles. The number of thiophene rings is 2. The Morgan fingerprint density at radius 1 is 0.553 bits per heavy atom. The van der Waals surface area contributed by atoms with Crippen LogP contribution in [0.1, 0.15) is 19.3 Å². The topological polar surface area (TPSA) is 84.0 Å². The van der Waals surface area contributed by atoms with E-state index in [1.807, 2.05) is 83.6 Å². The first kappa shape index (κ1) is 24.4. The minimum absolute atomic E-state index is 0.180. The Morgan fingerprint density at radius 3 is 1.34 bits per heavy atom. The highest BCUT2D eigenvalue weighted by Crippen LogP contribution is 2.43. The van der Waals surface area contributed by atoms with Crippen molar-refractivity contribution < 1.29 is 9.59 Å². The average Bonchev–Trinajstić information content (AvgIpc) is 3.76. The van der Waals surface area contributed by atoms with Crippen molar-refractivity contribution in [2.45, 2.75) is 0 Å². The van der Waals surface area contributed by atoms with Gasteiger partial charge in [0.15, 0.2) is 10.0 Å². The molecule has 2 aromatic carbocycles. The first-order valence-electron chi connectivity index (χ1n) is 11.5. The lowest BCUT2D eigenvalue weighted by Gasteiger charge is -2.03. The molecule has 0 aliphatic rings. The van der Waals surface area contributed by atoms with Crippen molar-refractivity contribution >= 4 is 67.2 Å². The van der Waals surface area contributed by atoms with Gasteiger partial charge >= 0.3 is 0 Å². The van der Waals surface area contributed by atoms with Gasteiger partial charge in [0.05, 0.1) is 9.75 Å². The van der Waals surface area contributed by atoms with Gasteiger partial charge in [0, 0.05) is 11.1 Å². The van der Waals surface area contributed by atoms with Crippen LogP contribution < -0.4 is 10.6 Å². The molecule has 0 atom stereocenters. The Hall–Kier alpha value is -3.96. The number of rotatable bonds is 7. The van der Waals surface area contributed by atoms with Gasteiger partial charge in [-0.1, -0.05) is 95.5 Å². The van der Waals surface area contributed by atoms with Crippen LogP contribution in [0.2, 0.25) is 0 Å². The van der Waals surface area contributed by atoms with Crippen LogP contribution in [-0.2, 0) is 0 Å². The predicted molar refractivity (Wildman–Crippen MR) is 159 cm³/mol. The first-order chi connectivity index (χ1) is 18.7. The Morgan fingerprint density at radius 2 is 0.974 bits per heavy atom. The van der Waals surface area contributed by atoms with Gasteiger partial charge in [-0.2, -0.15) is 0 Å². The van der Waals surface area contributed by atoms with Gasteiger partial charge in [0.1, 0.15) is 21.4 Å². The summed E-state index contributed by atoms with van der Waals surface area (Å²) in [5, 5.41) is 12.4. The predicted octanol–water partition coefficient (Wildman–Crippen LogP) is 8.23. The smallest absolute Gasteiger partial charge is 0.266 e. The second kappa shape index (κ2) is 10.8. The summed E-state index contributed by atoms with van der Waals surface area (Å²) in [5.74, 6) is -0.360. The van der Waals surface area contributed by atoms with Crippen LogP contribution in [0, 0.1) is 0 Å². The minimum atomic E-state index is -0.180. The van der Waals surface area contributed by atoms with E-state index in [-0.39, 0.29) is 11.8 Å². The first-order valence-corrected chi connectivity index (χ1v) is 14.9. The second-order valence-corrected chi connectivity index (χ2v) is 11.9. The molecular formula is C28H18N4O2S4. The fraction of sp³-hybridized carbons (Fsp3) is 0. The molecular weight excluding hydrogens is 553 g/mol. The summed E-state index contributed by atoms with van der Waals surface area (Å²) < 4.78 is 0. The van der Waals surface area contributed by atoms with Crippen LogP contribution in [0.5, 0.6) is 0 Å². The van der Waals surface area contributed by atoms with E-state index in [4.69, 9.17) is 9.97 Å². The van der Waals surface area contributed by atoms with Gasteiger partial charge in [0.2, 0.25) is 0 Å². The highest BCUT2D eigenvalue weighted by molar-refractivity contribution is 7.26. The zero-order valence-electron chi connectivity index (χ0n) is 19.6. The molecule has 0 aliphatic heterocycles. The number of hydrogen-bond donors (Lipinski definition) is 2. The molecule has 0 aliphatic carbocycles. The number of nitrogens with one attached hydrogen (secondary N) is 2. The Labute approximate surface area is 234 Å². The van der Waals surface area contributed by atoms with E-state index in [0.717, 1.165) is 11.1 Å². The molecule has 0 spiro atoms. The van der Waals surface area contributed by atoms with Gasteiger partial charge in [-0.25, -0.2) is 9.97 Å². The summed E-state index contributed by atoms with van der Waals surface area (Å²) in [5.41, 5.74) is 3.14. The Bertz CT molecular complexity index is 1560. The van der Waals surface area contributed by atoms with E-state index >= 15 is 0 Å². The molecule has 6 rings (SSSR count). The molecule has 0 unspecified atom stereocenters. The number of anilines is 2. The van der Waals surface area contributed by atoms with Crippen LogP contribution in [0.15, 0.2) is 95.7 Å². The van der Waals surface area contributed by atoms with Gasteiger partial charge < -0.3 is 10.6 Å². The highest BCUT2D eigenvalue weighted by Gasteiger charge is 2.23. The Kier molecular flexibility index (Phi) is 6.93. The minimum Gasteiger partial charge on any atom is -0.311 e. The zero-order valence-corrected chi connectivity index (χ0v) is 22.8. The molecule has 2 amide bonds. The lowest BCUT2D eigenvalue weighted by Crippen LogP contribution is -2.09. The quantitative estimate of drug-likeness (QED) is 0.202. The molecule has 2 N–H and O–H groups in total. The van der Waals surface area contributed by atoms with E-state index in [9.17, 15) is 9.59 Å². The summed E-state index contributed by atoms with van der Waals surface area (Å²) in [6.45, 7) is 0. The third-order valence-corrected chi connectivity index (χ3v) is 9.30. The van der Waals surface area contributed by atoms with Crippen LogP contribution >= 0.6 is 45.3 Å². The molecule has 186 valence electrons. The maximum absolute atomic E-state index is 12.9. The molecule has 0 radical (unpaired) electrons. The van der Waals surface area contributed by atoms with E-state index in [1.54, 1.807) is 12.1 Å². The van der Waals surface area contributed by atoms with Crippen LogP contribution in [-0.4, -0.2) is 21.8 Å². The highest BCUT2D eigenvalue weighted by atomic mass is 32.1. The van der Waals surface area contributed by atoms with Crippen LogP contribution in [0.3, 0.4) is 0 Å². The normalized spacial score (nSPS) is 10.8. The second-order valence-electron chi connectivity index (χ2n) is 7.99. The van der Waals surface area contributed by atoms with E-state index in [0.29, 0.717) is 41.2 Å². The molecule has 6 nitrogen and oxygen atoms in total. The van der Waals surface area contributed by atoms with Crippen molar-refractivity contribution in [1.29, 1.82) is 0 Å². The number of amides is 2. The average molecular weight is 571 g/mol. The molecule has 0 saturated carbocycles. The number of carbonyl (C=O) groups is 2. The number of thiazole rings is 2. The van der Waals surface area contributed by atoms with Gasteiger partial charge in [-0.15, -0.1) is 22.7 Å². The number of hydrogen-bond acceptors (Lipinski definition) is 8. The number of nitrogens with zero attached hydrogens (tertiary/aromatic N) is 2. The fourth-order valence-electron chi connectivity index (χ4n) is 3.72. The van der Waals surface area contributed by atoms with Crippen LogP contribution in [0.4, 0.5) is 10.0 Å².